The maximum absolute atomic E-state index is 12.9. The van der Waals surface area contributed by atoms with Crippen LogP contribution < -0.4 is 10.9 Å². The number of thioether (sulfide) groups is 1. The Kier molecular flexibility index (Phi) is 6.74. The van der Waals surface area contributed by atoms with Gasteiger partial charge in [0.15, 0.2) is 10.9 Å². The van der Waals surface area contributed by atoms with E-state index in [9.17, 15) is 14.4 Å². The number of nitrogens with zero attached hydrogens (tertiary/aromatic N) is 2. The van der Waals surface area contributed by atoms with E-state index in [4.69, 9.17) is 11.6 Å². The Labute approximate surface area is 183 Å². The van der Waals surface area contributed by atoms with Gasteiger partial charge in [-0.25, -0.2) is 4.98 Å². The van der Waals surface area contributed by atoms with Crippen molar-refractivity contribution in [3.8, 4) is 0 Å². The molecule has 1 N–H and O–H groups in total. The molecular formula is C22H20ClN3O3S. The molecule has 2 aromatic carbocycles. The van der Waals surface area contributed by atoms with Crippen molar-refractivity contribution in [1.82, 2.24) is 9.55 Å². The fourth-order valence-corrected chi connectivity index (χ4v) is 3.88. The summed E-state index contributed by atoms with van der Waals surface area (Å²) in [6.45, 7) is 7.19. The molecule has 1 atom stereocenters. The molecule has 1 aromatic heterocycles. The molecule has 0 bridgehead atoms. The average molecular weight is 442 g/mol. The van der Waals surface area contributed by atoms with Crippen molar-refractivity contribution in [2.45, 2.75) is 30.8 Å². The van der Waals surface area contributed by atoms with Crippen molar-refractivity contribution in [2.24, 2.45) is 0 Å². The van der Waals surface area contributed by atoms with Crippen LogP contribution in [0.1, 0.15) is 24.2 Å². The number of hydrogen-bond acceptors (Lipinski definition) is 5. The Balaban J connectivity index is 1.85. The van der Waals surface area contributed by atoms with E-state index in [1.807, 2.05) is 0 Å². The first-order valence-corrected chi connectivity index (χ1v) is 10.5. The van der Waals surface area contributed by atoms with Crippen LogP contribution >= 0.6 is 23.4 Å². The molecule has 0 saturated heterocycles. The molecule has 0 aliphatic rings. The highest BCUT2D eigenvalue weighted by Crippen LogP contribution is 2.25. The molecule has 6 nitrogen and oxygen atoms in total. The van der Waals surface area contributed by atoms with E-state index in [0.717, 1.165) is 0 Å². The first kappa shape index (κ1) is 21.8. The predicted octanol–water partition coefficient (Wildman–Crippen LogP) is 4.56. The molecule has 1 amide bonds. The summed E-state index contributed by atoms with van der Waals surface area (Å²) < 4.78 is 1.49. The van der Waals surface area contributed by atoms with Crippen LogP contribution in [0.15, 0.2) is 65.1 Å². The van der Waals surface area contributed by atoms with Gasteiger partial charge in [0, 0.05) is 22.8 Å². The summed E-state index contributed by atoms with van der Waals surface area (Å²) in [5.41, 5.74) is 1.41. The van der Waals surface area contributed by atoms with Crippen molar-refractivity contribution in [2.75, 3.05) is 5.32 Å². The summed E-state index contributed by atoms with van der Waals surface area (Å²) in [4.78, 5) is 41.5. The number of carbonyl (C=O) groups is 2. The van der Waals surface area contributed by atoms with Gasteiger partial charge in [0.1, 0.15) is 0 Å². The fourth-order valence-electron chi connectivity index (χ4n) is 2.80. The lowest BCUT2D eigenvalue weighted by molar-refractivity contribution is -0.115. The van der Waals surface area contributed by atoms with E-state index in [2.05, 4.69) is 16.9 Å². The van der Waals surface area contributed by atoms with Gasteiger partial charge in [-0.05, 0) is 56.3 Å². The number of ketones is 1. The monoisotopic (exact) mass is 441 g/mol. The van der Waals surface area contributed by atoms with Gasteiger partial charge in [-0.2, -0.15) is 0 Å². The van der Waals surface area contributed by atoms with Crippen LogP contribution in [-0.2, 0) is 11.3 Å². The van der Waals surface area contributed by atoms with E-state index < -0.39 is 5.25 Å². The first-order chi connectivity index (χ1) is 14.3. The van der Waals surface area contributed by atoms with Crippen LogP contribution in [0.2, 0.25) is 5.02 Å². The highest BCUT2D eigenvalue weighted by Gasteiger charge is 2.19. The largest absolute Gasteiger partial charge is 0.325 e. The van der Waals surface area contributed by atoms with Crippen molar-refractivity contribution in [3.05, 3.63) is 76.1 Å². The second-order valence-electron chi connectivity index (χ2n) is 6.64. The highest BCUT2D eigenvalue weighted by atomic mass is 35.5. The van der Waals surface area contributed by atoms with Crippen molar-refractivity contribution < 1.29 is 9.59 Å². The van der Waals surface area contributed by atoms with Gasteiger partial charge in [0.2, 0.25) is 5.91 Å². The molecule has 30 heavy (non-hydrogen) atoms. The second kappa shape index (κ2) is 9.28. The van der Waals surface area contributed by atoms with Crippen LogP contribution in [0.25, 0.3) is 10.9 Å². The molecule has 3 aromatic rings. The minimum absolute atomic E-state index is 0.0422. The van der Waals surface area contributed by atoms with Crippen molar-refractivity contribution >= 4 is 51.6 Å². The number of hydrogen-bond donors (Lipinski definition) is 1. The normalized spacial score (nSPS) is 11.8. The fraction of sp³-hybridized carbons (Fsp3) is 0.182. The Bertz CT molecular complexity index is 1190. The lowest BCUT2D eigenvalue weighted by Crippen LogP contribution is -2.26. The number of nitrogens with one attached hydrogen (secondary N) is 1. The van der Waals surface area contributed by atoms with Gasteiger partial charge >= 0.3 is 0 Å². The zero-order valence-corrected chi connectivity index (χ0v) is 18.1. The first-order valence-electron chi connectivity index (χ1n) is 9.19. The Morgan fingerprint density at radius 3 is 2.60 bits per heavy atom. The SMILES string of the molecule is C=CCn1c(SC(C)C(=O)Nc2ccc(C(C)=O)cc2)nc2cc(Cl)ccc2c1=O. The molecule has 8 heteroatoms. The molecule has 1 heterocycles. The number of Topliss-reactive ketones (excluding diaryl/α,β-unsaturated/α-hetero) is 1. The van der Waals surface area contributed by atoms with Crippen LogP contribution in [-0.4, -0.2) is 26.5 Å². The van der Waals surface area contributed by atoms with Gasteiger partial charge < -0.3 is 5.32 Å². The van der Waals surface area contributed by atoms with E-state index >= 15 is 0 Å². The third kappa shape index (κ3) is 4.80. The van der Waals surface area contributed by atoms with Gasteiger partial charge in [0.25, 0.3) is 5.56 Å². The summed E-state index contributed by atoms with van der Waals surface area (Å²) in [6, 6.07) is 11.6. The third-order valence-electron chi connectivity index (χ3n) is 4.40. The number of carbonyl (C=O) groups excluding carboxylic acids is 2. The van der Waals surface area contributed by atoms with Gasteiger partial charge in [0.05, 0.1) is 16.2 Å². The van der Waals surface area contributed by atoms with Gasteiger partial charge in [-0.3, -0.25) is 19.0 Å². The number of aromatic nitrogens is 2. The van der Waals surface area contributed by atoms with Crippen LogP contribution in [0.3, 0.4) is 0 Å². The smallest absolute Gasteiger partial charge is 0.262 e. The molecule has 0 fully saturated rings. The second-order valence-corrected chi connectivity index (χ2v) is 8.39. The number of amides is 1. The van der Waals surface area contributed by atoms with Crippen LogP contribution in [0.4, 0.5) is 5.69 Å². The number of anilines is 1. The molecule has 0 aliphatic heterocycles. The zero-order valence-electron chi connectivity index (χ0n) is 16.5. The standard InChI is InChI=1S/C22H20ClN3O3S/c1-4-11-26-21(29)18-10-7-16(23)12-19(18)25-22(26)30-14(3)20(28)24-17-8-5-15(6-9-17)13(2)27/h4-10,12,14H,1,11H2,2-3H3,(H,24,28). The van der Waals surface area contributed by atoms with Crippen LogP contribution in [0.5, 0.6) is 0 Å². The topological polar surface area (TPSA) is 81.1 Å². The summed E-state index contributed by atoms with van der Waals surface area (Å²) in [5, 5.41) is 3.62. The van der Waals surface area contributed by atoms with E-state index in [0.29, 0.717) is 32.3 Å². The molecule has 0 radical (unpaired) electrons. The average Bonchev–Trinajstić information content (AvgIpc) is 2.71. The summed E-state index contributed by atoms with van der Waals surface area (Å²) in [5.74, 6) is -0.291. The lowest BCUT2D eigenvalue weighted by Gasteiger charge is -2.15. The van der Waals surface area contributed by atoms with Crippen molar-refractivity contribution in [3.63, 3.8) is 0 Å². The lowest BCUT2D eigenvalue weighted by atomic mass is 10.1. The molecule has 154 valence electrons. The van der Waals surface area contributed by atoms with Crippen LogP contribution in [0, 0.1) is 0 Å². The number of rotatable bonds is 7. The summed E-state index contributed by atoms with van der Waals surface area (Å²) in [6.07, 6.45) is 1.61. The Hall–Kier alpha value is -2.90. The van der Waals surface area contributed by atoms with E-state index in [1.54, 1.807) is 55.5 Å². The van der Waals surface area contributed by atoms with Crippen molar-refractivity contribution in [1.29, 1.82) is 0 Å². The summed E-state index contributed by atoms with van der Waals surface area (Å²) >= 11 is 7.22. The minimum Gasteiger partial charge on any atom is -0.325 e. The number of benzene rings is 2. The van der Waals surface area contributed by atoms with Gasteiger partial charge in [-0.15, -0.1) is 6.58 Å². The summed E-state index contributed by atoms with van der Waals surface area (Å²) in [7, 11) is 0. The maximum atomic E-state index is 12.9. The minimum atomic E-state index is -0.530. The third-order valence-corrected chi connectivity index (χ3v) is 5.73. The molecule has 0 saturated carbocycles. The van der Waals surface area contributed by atoms with Gasteiger partial charge in [-0.1, -0.05) is 29.4 Å². The molecule has 3 rings (SSSR count). The quantitative estimate of drug-likeness (QED) is 0.251. The molecule has 1 unspecified atom stereocenters. The maximum Gasteiger partial charge on any atom is 0.262 e. The number of allylic oxidation sites excluding steroid dienone is 1. The number of fused-ring (bicyclic) bond motifs is 1. The Morgan fingerprint density at radius 1 is 1.27 bits per heavy atom. The zero-order chi connectivity index (χ0) is 21.8. The molecule has 0 spiro atoms. The van der Waals surface area contributed by atoms with E-state index in [1.165, 1.54) is 23.3 Å². The molecular weight excluding hydrogens is 422 g/mol. The predicted molar refractivity (Wildman–Crippen MR) is 122 cm³/mol. The number of halogens is 1. The highest BCUT2D eigenvalue weighted by molar-refractivity contribution is 8.00. The van der Waals surface area contributed by atoms with E-state index in [-0.39, 0.29) is 23.8 Å². The Morgan fingerprint density at radius 2 is 1.97 bits per heavy atom. The molecule has 0 aliphatic carbocycles.